The van der Waals surface area contributed by atoms with Crippen LogP contribution in [0.3, 0.4) is 0 Å². The van der Waals surface area contributed by atoms with Gasteiger partial charge in [-0.2, -0.15) is 5.06 Å². The summed E-state index contributed by atoms with van der Waals surface area (Å²) in [5, 5.41) is 11.9. The zero-order chi connectivity index (χ0) is 11.7. The summed E-state index contributed by atoms with van der Waals surface area (Å²) < 4.78 is 0. The molecule has 2 atom stereocenters. The lowest BCUT2D eigenvalue weighted by atomic mass is 9.49. The molecule has 2 heteroatoms. The Morgan fingerprint density at radius 3 is 2.00 bits per heavy atom. The minimum absolute atomic E-state index is 0.0955. The third-order valence-corrected chi connectivity index (χ3v) is 5.47. The summed E-state index contributed by atoms with van der Waals surface area (Å²) in [7, 11) is 0. The van der Waals surface area contributed by atoms with Crippen LogP contribution in [0.5, 0.6) is 0 Å². The monoisotopic (exact) mass is 223 g/mol. The van der Waals surface area contributed by atoms with Crippen LogP contribution in [0.4, 0.5) is 0 Å². The zero-order valence-electron chi connectivity index (χ0n) is 11.0. The maximum atomic E-state index is 10.2. The second-order valence-electron chi connectivity index (χ2n) is 7.79. The van der Waals surface area contributed by atoms with E-state index < -0.39 is 0 Å². The second kappa shape index (κ2) is 3.02. The predicted octanol–water partition coefficient (Wildman–Crippen LogP) is 3.30. The molecule has 0 aromatic heterocycles. The summed E-state index contributed by atoms with van der Waals surface area (Å²) in [6.07, 6.45) is 4.87. The van der Waals surface area contributed by atoms with Crippen LogP contribution in [0.2, 0.25) is 0 Å². The van der Waals surface area contributed by atoms with Crippen molar-refractivity contribution in [3.05, 3.63) is 0 Å². The van der Waals surface area contributed by atoms with Gasteiger partial charge in [-0.05, 0) is 55.8 Å². The third kappa shape index (κ3) is 1.32. The van der Waals surface area contributed by atoms with Gasteiger partial charge in [-0.15, -0.1) is 0 Å². The Morgan fingerprint density at radius 1 is 1.12 bits per heavy atom. The van der Waals surface area contributed by atoms with E-state index in [2.05, 4.69) is 27.7 Å². The van der Waals surface area contributed by atoms with Crippen molar-refractivity contribution < 1.29 is 5.21 Å². The van der Waals surface area contributed by atoms with Crippen LogP contribution in [-0.2, 0) is 0 Å². The van der Waals surface area contributed by atoms with Crippen LogP contribution in [-0.4, -0.2) is 21.9 Å². The van der Waals surface area contributed by atoms with Gasteiger partial charge in [0.15, 0.2) is 0 Å². The van der Waals surface area contributed by atoms with Gasteiger partial charge in [0.1, 0.15) is 0 Å². The minimum atomic E-state index is 0.0955. The van der Waals surface area contributed by atoms with Crippen LogP contribution in [0.15, 0.2) is 0 Å². The van der Waals surface area contributed by atoms with Gasteiger partial charge in [0, 0.05) is 11.6 Å². The summed E-state index contributed by atoms with van der Waals surface area (Å²) in [6.45, 7) is 9.47. The molecule has 2 saturated carbocycles. The molecule has 1 N–H and O–H groups in total. The number of piperidine rings is 2. The van der Waals surface area contributed by atoms with E-state index in [9.17, 15) is 5.21 Å². The van der Waals surface area contributed by atoms with Crippen molar-refractivity contribution in [2.45, 2.75) is 65.0 Å². The van der Waals surface area contributed by atoms with E-state index in [1.165, 1.54) is 25.7 Å². The van der Waals surface area contributed by atoms with E-state index in [0.717, 1.165) is 17.8 Å². The molecule has 2 nitrogen and oxygen atoms in total. The maximum Gasteiger partial charge on any atom is 0.0441 e. The van der Waals surface area contributed by atoms with Gasteiger partial charge < -0.3 is 5.21 Å². The van der Waals surface area contributed by atoms with Crippen molar-refractivity contribution in [3.8, 4) is 0 Å². The lowest BCUT2D eigenvalue weighted by molar-refractivity contribution is -0.288. The first kappa shape index (κ1) is 11.0. The molecule has 2 aliphatic carbocycles. The van der Waals surface area contributed by atoms with Crippen LogP contribution >= 0.6 is 0 Å². The average Bonchev–Trinajstić information content (AvgIpc) is 2.09. The lowest BCUT2D eigenvalue weighted by Crippen LogP contribution is -2.67. The van der Waals surface area contributed by atoms with Crippen LogP contribution in [0.25, 0.3) is 0 Å². The molecular formula is C14H25NO. The van der Waals surface area contributed by atoms with Gasteiger partial charge in [0.05, 0.1) is 0 Å². The molecule has 4 rings (SSSR count). The van der Waals surface area contributed by atoms with E-state index in [4.69, 9.17) is 0 Å². The van der Waals surface area contributed by atoms with Gasteiger partial charge >= 0.3 is 0 Å². The van der Waals surface area contributed by atoms with Gasteiger partial charge in [-0.3, -0.25) is 0 Å². The minimum Gasteiger partial charge on any atom is -0.313 e. The van der Waals surface area contributed by atoms with E-state index in [0.29, 0.717) is 11.5 Å². The molecule has 16 heavy (non-hydrogen) atoms. The lowest BCUT2D eigenvalue weighted by Gasteiger charge is -2.64. The van der Waals surface area contributed by atoms with Gasteiger partial charge in [0.25, 0.3) is 0 Å². The van der Waals surface area contributed by atoms with Crippen molar-refractivity contribution >= 4 is 0 Å². The molecule has 2 heterocycles. The highest BCUT2D eigenvalue weighted by Gasteiger charge is 2.59. The fraction of sp³-hybridized carbons (Fsp3) is 1.00. The maximum absolute atomic E-state index is 10.2. The Morgan fingerprint density at radius 2 is 1.62 bits per heavy atom. The first-order valence-corrected chi connectivity index (χ1v) is 6.79. The van der Waals surface area contributed by atoms with Crippen molar-refractivity contribution in [1.29, 1.82) is 0 Å². The molecular weight excluding hydrogens is 198 g/mol. The topological polar surface area (TPSA) is 23.5 Å². The highest BCUT2D eigenvalue weighted by molar-refractivity contribution is 5.09. The Hall–Kier alpha value is -0.0800. The smallest absolute Gasteiger partial charge is 0.0441 e. The molecule has 2 saturated heterocycles. The highest BCUT2D eigenvalue weighted by atomic mass is 16.5. The number of hydrogen-bond acceptors (Lipinski definition) is 2. The van der Waals surface area contributed by atoms with E-state index in [-0.39, 0.29) is 5.54 Å². The van der Waals surface area contributed by atoms with E-state index >= 15 is 0 Å². The number of hydroxylamine groups is 2. The standard InChI is InChI=1S/C14H25NO/c1-13(2,3)12-9-5-11-6-10(12)8-14(4,7-9)15(11)16/h9-12,16H,5-8H2,1-4H3. The van der Waals surface area contributed by atoms with Crippen LogP contribution in [0, 0.1) is 23.2 Å². The van der Waals surface area contributed by atoms with Crippen molar-refractivity contribution in [2.24, 2.45) is 23.2 Å². The molecule has 0 aromatic carbocycles. The largest absolute Gasteiger partial charge is 0.313 e. The molecule has 0 radical (unpaired) electrons. The summed E-state index contributed by atoms with van der Waals surface area (Å²) in [4.78, 5) is 0. The van der Waals surface area contributed by atoms with E-state index in [1.54, 1.807) is 5.06 Å². The normalized spacial score (nSPS) is 52.3. The van der Waals surface area contributed by atoms with Crippen LogP contribution in [0.1, 0.15) is 53.4 Å². The number of hydrogen-bond donors (Lipinski definition) is 1. The fourth-order valence-corrected chi connectivity index (χ4v) is 5.35. The Balaban J connectivity index is 1.93. The highest BCUT2D eigenvalue weighted by Crippen LogP contribution is 2.60. The average molecular weight is 223 g/mol. The molecule has 2 unspecified atom stereocenters. The molecule has 0 aromatic rings. The van der Waals surface area contributed by atoms with Gasteiger partial charge in [0.2, 0.25) is 0 Å². The first-order chi connectivity index (χ1) is 7.31. The Labute approximate surface area is 99.0 Å². The summed E-state index contributed by atoms with van der Waals surface area (Å²) in [5.41, 5.74) is 0.539. The van der Waals surface area contributed by atoms with Gasteiger partial charge in [-0.1, -0.05) is 20.8 Å². The van der Waals surface area contributed by atoms with E-state index in [1.807, 2.05) is 0 Å². The quantitative estimate of drug-likeness (QED) is 0.681. The van der Waals surface area contributed by atoms with Crippen molar-refractivity contribution in [3.63, 3.8) is 0 Å². The summed E-state index contributed by atoms with van der Waals surface area (Å²) in [6, 6.07) is 0.459. The summed E-state index contributed by atoms with van der Waals surface area (Å²) >= 11 is 0. The molecule has 2 aliphatic heterocycles. The van der Waals surface area contributed by atoms with Crippen LogP contribution < -0.4 is 0 Å². The van der Waals surface area contributed by atoms with Crippen molar-refractivity contribution in [1.82, 2.24) is 5.06 Å². The second-order valence-corrected chi connectivity index (χ2v) is 7.79. The SMILES string of the molecule is CC(C)(C)C1C2CC3CC1CC(C)(C2)N3O. The van der Waals surface area contributed by atoms with Gasteiger partial charge in [-0.25, -0.2) is 0 Å². The molecule has 0 amide bonds. The molecule has 4 fully saturated rings. The third-order valence-electron chi connectivity index (χ3n) is 5.47. The Bertz CT molecular complexity index is 290. The molecule has 4 aliphatic rings. The Kier molecular flexibility index (Phi) is 2.09. The number of nitrogens with zero attached hydrogens (tertiary/aromatic N) is 1. The molecule has 0 spiro atoms. The summed E-state index contributed by atoms with van der Waals surface area (Å²) in [5.74, 6) is 2.59. The number of rotatable bonds is 0. The first-order valence-electron chi connectivity index (χ1n) is 6.79. The predicted molar refractivity (Wildman–Crippen MR) is 64.2 cm³/mol. The molecule has 4 bridgehead atoms. The van der Waals surface area contributed by atoms with Crippen molar-refractivity contribution in [2.75, 3.05) is 0 Å². The molecule has 92 valence electrons. The zero-order valence-corrected chi connectivity index (χ0v) is 11.0. The fourth-order valence-electron chi connectivity index (χ4n) is 5.35.